The molecule has 0 saturated heterocycles. The van der Waals surface area contributed by atoms with Crippen molar-refractivity contribution < 1.29 is 0 Å². The first-order valence-corrected chi connectivity index (χ1v) is 3.40. The third-order valence-corrected chi connectivity index (χ3v) is 1.66. The zero-order chi connectivity index (χ0) is 6.81. The molecule has 2 aromatic rings. The molecule has 0 amide bonds. The minimum Gasteiger partial charge on any atom is -0.0616 e. The Bertz CT molecular complexity index is 276. The molecule has 0 aliphatic carbocycles. The average Bonchev–Trinajstić information content (AvgIpc) is 2.05. The summed E-state index contributed by atoms with van der Waals surface area (Å²) in [5.74, 6) is 0. The van der Waals surface area contributed by atoms with E-state index in [9.17, 15) is 0 Å². The van der Waals surface area contributed by atoms with Crippen LogP contribution < -0.4 is 0 Å². The molecule has 52 valence electrons. The Kier molecular flexibility index (Phi) is 2.94. The zero-order valence-corrected chi connectivity index (χ0v) is 8.97. The van der Waals surface area contributed by atoms with Crippen molar-refractivity contribution >= 4 is 34.7 Å². The Morgan fingerprint density at radius 2 is 0.818 bits per heavy atom. The van der Waals surface area contributed by atoms with Gasteiger partial charge in [0.2, 0.25) is 0 Å². The Morgan fingerprint density at radius 1 is 0.545 bits per heavy atom. The molecule has 0 aliphatic rings. The van der Waals surface area contributed by atoms with Gasteiger partial charge < -0.3 is 0 Å². The van der Waals surface area contributed by atoms with Gasteiger partial charge in [0.1, 0.15) is 0 Å². The van der Waals surface area contributed by atoms with Crippen LogP contribution in [0.1, 0.15) is 0 Å². The number of benzene rings is 2. The van der Waals surface area contributed by atoms with Gasteiger partial charge in [-0.15, -0.1) is 0 Å². The van der Waals surface area contributed by atoms with Gasteiger partial charge in [-0.3, -0.25) is 0 Å². The van der Waals surface area contributed by atoms with Gasteiger partial charge in [-0.2, -0.15) is 0 Å². The van der Waals surface area contributed by atoms with Crippen LogP contribution in [0, 0.1) is 0 Å². The second kappa shape index (κ2) is 3.77. The number of rotatable bonds is 0. The summed E-state index contributed by atoms with van der Waals surface area (Å²) in [7, 11) is 0. The summed E-state index contributed by atoms with van der Waals surface area (Å²) >= 11 is 0. The van der Waals surface area contributed by atoms with E-state index in [1.165, 1.54) is 10.8 Å². The van der Waals surface area contributed by atoms with Crippen LogP contribution in [0.5, 0.6) is 0 Å². The summed E-state index contributed by atoms with van der Waals surface area (Å²) < 4.78 is 0. The molecular weight excluding hydrogens is 239 g/mol. The number of hydrogen-bond acceptors (Lipinski definition) is 0. The first-order chi connectivity index (χ1) is 4.97. The van der Waals surface area contributed by atoms with Crippen LogP contribution in [0.4, 0.5) is 0 Å². The quantitative estimate of drug-likeness (QED) is 0.627. The van der Waals surface area contributed by atoms with Gasteiger partial charge in [0, 0.05) is 23.9 Å². The van der Waals surface area contributed by atoms with Crippen molar-refractivity contribution in [3.63, 3.8) is 0 Å². The Labute approximate surface area is 83.2 Å². The van der Waals surface area contributed by atoms with Crippen molar-refractivity contribution in [3.8, 4) is 0 Å². The second-order valence-corrected chi connectivity index (χ2v) is 2.35. The smallest absolute Gasteiger partial charge is 0 e. The maximum absolute atomic E-state index is 2.12. The molecule has 2 aromatic carbocycles. The van der Waals surface area contributed by atoms with Gasteiger partial charge in [0.05, 0.1) is 0 Å². The SMILES string of the molecule is [Sn].c1ccc2ccccc2c1. The van der Waals surface area contributed by atoms with Gasteiger partial charge in [-0.1, -0.05) is 48.5 Å². The van der Waals surface area contributed by atoms with Crippen LogP contribution in [0.3, 0.4) is 0 Å². The second-order valence-electron chi connectivity index (χ2n) is 2.35. The topological polar surface area (TPSA) is 0 Å². The summed E-state index contributed by atoms with van der Waals surface area (Å²) in [4.78, 5) is 0. The van der Waals surface area contributed by atoms with Gasteiger partial charge in [0.25, 0.3) is 0 Å². The van der Waals surface area contributed by atoms with E-state index in [0.717, 1.165) is 0 Å². The van der Waals surface area contributed by atoms with Gasteiger partial charge in [0.15, 0.2) is 0 Å². The molecule has 4 radical (unpaired) electrons. The summed E-state index contributed by atoms with van der Waals surface area (Å²) in [5.41, 5.74) is 0. The standard InChI is InChI=1S/C10H8.Sn/c1-2-6-10-8-4-3-7-9(10)5-1;/h1-8H;. The molecule has 0 nitrogen and oxygen atoms in total. The van der Waals surface area contributed by atoms with Crippen molar-refractivity contribution in [1.29, 1.82) is 0 Å². The fourth-order valence-corrected chi connectivity index (χ4v) is 1.13. The fourth-order valence-electron chi connectivity index (χ4n) is 1.13. The Hall–Kier alpha value is -0.501. The summed E-state index contributed by atoms with van der Waals surface area (Å²) in [5, 5.41) is 2.62. The molecular formula is C10H8Sn. The third-order valence-electron chi connectivity index (χ3n) is 1.66. The third kappa shape index (κ3) is 1.74. The van der Waals surface area contributed by atoms with E-state index in [2.05, 4.69) is 48.5 Å². The van der Waals surface area contributed by atoms with E-state index in [1.807, 2.05) is 0 Å². The van der Waals surface area contributed by atoms with Crippen LogP contribution in [-0.2, 0) is 0 Å². The largest absolute Gasteiger partial charge is 0.0616 e. The fraction of sp³-hybridized carbons (Fsp3) is 0. The van der Waals surface area contributed by atoms with Crippen LogP contribution >= 0.6 is 0 Å². The summed E-state index contributed by atoms with van der Waals surface area (Å²) in [6.07, 6.45) is 0. The average molecular weight is 247 g/mol. The summed E-state index contributed by atoms with van der Waals surface area (Å²) in [6.45, 7) is 0. The maximum Gasteiger partial charge on any atom is 0 e. The molecule has 0 aromatic heterocycles. The maximum atomic E-state index is 2.12. The minimum atomic E-state index is 0. The first-order valence-electron chi connectivity index (χ1n) is 3.40. The van der Waals surface area contributed by atoms with Crippen LogP contribution in [0.15, 0.2) is 48.5 Å². The van der Waals surface area contributed by atoms with E-state index in [0.29, 0.717) is 0 Å². The van der Waals surface area contributed by atoms with Crippen molar-refractivity contribution in [1.82, 2.24) is 0 Å². The molecule has 0 N–H and O–H groups in total. The van der Waals surface area contributed by atoms with E-state index in [1.54, 1.807) is 0 Å². The van der Waals surface area contributed by atoms with Crippen molar-refractivity contribution in [3.05, 3.63) is 48.5 Å². The van der Waals surface area contributed by atoms with E-state index in [4.69, 9.17) is 0 Å². The van der Waals surface area contributed by atoms with Crippen molar-refractivity contribution in [2.45, 2.75) is 0 Å². The number of fused-ring (bicyclic) bond motifs is 1. The van der Waals surface area contributed by atoms with E-state index < -0.39 is 0 Å². The van der Waals surface area contributed by atoms with Crippen LogP contribution in [0.25, 0.3) is 10.8 Å². The molecule has 2 rings (SSSR count). The predicted octanol–water partition coefficient (Wildman–Crippen LogP) is 2.46. The first kappa shape index (κ1) is 8.59. The van der Waals surface area contributed by atoms with Gasteiger partial charge in [-0.25, -0.2) is 0 Å². The molecule has 11 heavy (non-hydrogen) atoms. The van der Waals surface area contributed by atoms with E-state index in [-0.39, 0.29) is 23.9 Å². The molecule has 0 aliphatic heterocycles. The normalized spacial score (nSPS) is 9.09. The number of hydrogen-bond donors (Lipinski definition) is 0. The van der Waals surface area contributed by atoms with E-state index >= 15 is 0 Å². The Morgan fingerprint density at radius 3 is 1.09 bits per heavy atom. The molecule has 0 unspecified atom stereocenters. The van der Waals surface area contributed by atoms with Crippen molar-refractivity contribution in [2.75, 3.05) is 0 Å². The minimum absolute atomic E-state index is 0. The van der Waals surface area contributed by atoms with Gasteiger partial charge in [-0.05, 0) is 10.8 Å². The molecule has 1 heteroatoms. The molecule has 0 heterocycles. The molecule has 0 atom stereocenters. The van der Waals surface area contributed by atoms with Crippen LogP contribution in [-0.4, -0.2) is 23.9 Å². The molecule has 0 fully saturated rings. The van der Waals surface area contributed by atoms with Gasteiger partial charge >= 0.3 is 0 Å². The van der Waals surface area contributed by atoms with Crippen LogP contribution in [0.2, 0.25) is 0 Å². The predicted molar refractivity (Wildman–Crippen MR) is 49.7 cm³/mol. The van der Waals surface area contributed by atoms with Crippen molar-refractivity contribution in [2.24, 2.45) is 0 Å². The monoisotopic (exact) mass is 248 g/mol. The molecule has 0 spiro atoms. The zero-order valence-electron chi connectivity index (χ0n) is 6.12. The Balaban J connectivity index is 0.000000605. The summed E-state index contributed by atoms with van der Waals surface area (Å²) in [6, 6.07) is 16.7. The molecule has 0 bridgehead atoms. The molecule has 0 saturated carbocycles.